The molecule has 0 spiro atoms. The van der Waals surface area contributed by atoms with E-state index in [1.54, 1.807) is 18.7 Å². The van der Waals surface area contributed by atoms with Crippen molar-refractivity contribution in [2.24, 2.45) is 5.92 Å². The maximum atomic E-state index is 13.3. The first-order chi connectivity index (χ1) is 23.4. The lowest BCUT2D eigenvalue weighted by atomic mass is 9.83. The molecule has 4 rings (SSSR count). The van der Waals surface area contributed by atoms with Gasteiger partial charge in [0.25, 0.3) is 0 Å². The summed E-state index contributed by atoms with van der Waals surface area (Å²) < 4.78 is 0. The van der Waals surface area contributed by atoms with E-state index in [1.165, 1.54) is 6.42 Å². The van der Waals surface area contributed by atoms with Crippen molar-refractivity contribution in [3.63, 3.8) is 0 Å². The highest BCUT2D eigenvalue weighted by molar-refractivity contribution is 5.90. The van der Waals surface area contributed by atoms with E-state index in [0.717, 1.165) is 82.8 Å². The van der Waals surface area contributed by atoms with Crippen LogP contribution in [0.4, 0.5) is 5.95 Å². The normalized spacial score (nSPS) is 17.6. The number of aliphatic hydroxyl groups is 1. The molecular formula is C36H52N7O5. The summed E-state index contributed by atoms with van der Waals surface area (Å²) in [5, 5.41) is 18.9. The van der Waals surface area contributed by atoms with E-state index in [1.807, 2.05) is 36.4 Å². The van der Waals surface area contributed by atoms with Gasteiger partial charge in [-0.05, 0) is 43.4 Å². The lowest BCUT2D eigenvalue weighted by Crippen LogP contribution is -2.52. The van der Waals surface area contributed by atoms with Crippen molar-refractivity contribution in [1.29, 1.82) is 0 Å². The van der Waals surface area contributed by atoms with Gasteiger partial charge in [-0.1, -0.05) is 68.9 Å². The molecule has 1 aliphatic heterocycles. The van der Waals surface area contributed by atoms with Crippen molar-refractivity contribution < 1.29 is 24.3 Å². The van der Waals surface area contributed by atoms with Crippen molar-refractivity contribution in [2.45, 2.75) is 95.2 Å². The van der Waals surface area contributed by atoms with Gasteiger partial charge in [0.2, 0.25) is 30.0 Å². The number of nitrogens with zero attached hydrogens (tertiary/aromatic N) is 4. The van der Waals surface area contributed by atoms with Crippen molar-refractivity contribution in [1.82, 2.24) is 30.8 Å². The Bertz CT molecular complexity index is 1250. The van der Waals surface area contributed by atoms with Gasteiger partial charge in [0.15, 0.2) is 0 Å². The first kappa shape index (κ1) is 36.9. The number of carbonyl (C=O) groups is 3. The van der Waals surface area contributed by atoms with Crippen LogP contribution < -0.4 is 20.9 Å². The van der Waals surface area contributed by atoms with Crippen molar-refractivity contribution >= 4 is 30.0 Å². The second kappa shape index (κ2) is 20.5. The molecule has 1 saturated heterocycles. The predicted octanol–water partition coefficient (Wildman–Crippen LogP) is 2.32. The summed E-state index contributed by atoms with van der Waals surface area (Å²) >= 11 is 0. The van der Waals surface area contributed by atoms with Gasteiger partial charge in [0, 0.05) is 57.8 Å². The van der Waals surface area contributed by atoms with Crippen LogP contribution in [0, 0.1) is 5.92 Å². The number of aromatic nitrogens is 2. The molecular weight excluding hydrogens is 610 g/mol. The second-order valence-electron chi connectivity index (χ2n) is 13.0. The summed E-state index contributed by atoms with van der Waals surface area (Å²) in [5.41, 5.74) is 0.891. The predicted molar refractivity (Wildman–Crippen MR) is 184 cm³/mol. The monoisotopic (exact) mass is 662 g/mol. The van der Waals surface area contributed by atoms with E-state index in [9.17, 15) is 24.3 Å². The summed E-state index contributed by atoms with van der Waals surface area (Å²) in [6.45, 7) is 4.35. The Morgan fingerprint density at radius 3 is 2.33 bits per heavy atom. The molecule has 3 amide bonds. The number of rotatable bonds is 19. The molecule has 48 heavy (non-hydrogen) atoms. The molecule has 261 valence electrons. The number of unbranched alkanes of at least 4 members (excludes halogenated alkanes) is 2. The van der Waals surface area contributed by atoms with E-state index in [2.05, 4.69) is 35.7 Å². The van der Waals surface area contributed by atoms with Crippen LogP contribution in [-0.4, -0.2) is 101 Å². The molecule has 2 heterocycles. The molecule has 3 atom stereocenters. The van der Waals surface area contributed by atoms with Gasteiger partial charge >= 0.3 is 0 Å². The molecule has 0 bridgehead atoms. The van der Waals surface area contributed by atoms with Crippen molar-refractivity contribution in [2.75, 3.05) is 44.2 Å². The SMILES string of the molecule is O=[C]C[C@H](O)[C@H](CC1CCCCC1)NC(=O)CNC(=O)[C@H](Cc1ccccc1)NC(=O)CCCCCN1CCN(c2ncccn2)CC1. The molecule has 1 aromatic heterocycles. The fourth-order valence-electron chi connectivity index (χ4n) is 6.62. The van der Waals surface area contributed by atoms with Gasteiger partial charge in [-0.15, -0.1) is 0 Å². The minimum atomic E-state index is -1.03. The Morgan fingerprint density at radius 1 is 0.896 bits per heavy atom. The van der Waals surface area contributed by atoms with E-state index in [-0.39, 0.29) is 25.3 Å². The molecule has 2 aliphatic rings. The zero-order valence-corrected chi connectivity index (χ0v) is 28.0. The van der Waals surface area contributed by atoms with E-state index in [0.29, 0.717) is 25.2 Å². The molecule has 12 nitrogen and oxygen atoms in total. The number of carbonyl (C=O) groups excluding carboxylic acids is 4. The van der Waals surface area contributed by atoms with E-state index >= 15 is 0 Å². The molecule has 1 aromatic carbocycles. The highest BCUT2D eigenvalue weighted by Gasteiger charge is 2.27. The summed E-state index contributed by atoms with van der Waals surface area (Å²) in [7, 11) is 0. The Balaban J connectivity index is 1.19. The van der Waals surface area contributed by atoms with Gasteiger partial charge in [-0.25, -0.2) is 9.97 Å². The topological polar surface area (TPSA) is 157 Å². The number of anilines is 1. The van der Waals surface area contributed by atoms with Crippen molar-refractivity contribution in [3.8, 4) is 0 Å². The van der Waals surface area contributed by atoms with E-state index in [4.69, 9.17) is 0 Å². The molecule has 2 fully saturated rings. The molecule has 2 aromatic rings. The third kappa shape index (κ3) is 13.0. The summed E-state index contributed by atoms with van der Waals surface area (Å²) in [6, 6.07) is 9.82. The fraction of sp³-hybridized carbons (Fsp3) is 0.611. The van der Waals surface area contributed by atoms with Crippen LogP contribution in [0.25, 0.3) is 0 Å². The van der Waals surface area contributed by atoms with Crippen LogP contribution in [0.1, 0.15) is 76.2 Å². The number of piperazine rings is 1. The summed E-state index contributed by atoms with van der Waals surface area (Å²) in [6.07, 6.45) is 13.3. The maximum Gasteiger partial charge on any atom is 0.243 e. The first-order valence-corrected chi connectivity index (χ1v) is 17.6. The Labute approximate surface area is 284 Å². The zero-order valence-electron chi connectivity index (χ0n) is 28.0. The largest absolute Gasteiger partial charge is 0.391 e. The summed E-state index contributed by atoms with van der Waals surface area (Å²) in [5.74, 6) is 0.0417. The number of hydrogen-bond acceptors (Lipinski definition) is 9. The maximum absolute atomic E-state index is 13.3. The molecule has 1 radical (unpaired) electrons. The number of hydrogen-bond donors (Lipinski definition) is 4. The summed E-state index contributed by atoms with van der Waals surface area (Å²) in [4.78, 5) is 63.3. The van der Waals surface area contributed by atoms with Gasteiger partial charge in [-0.2, -0.15) is 0 Å². The van der Waals surface area contributed by atoms with E-state index < -0.39 is 30.0 Å². The third-order valence-electron chi connectivity index (χ3n) is 9.36. The van der Waals surface area contributed by atoms with Crippen molar-refractivity contribution in [3.05, 3.63) is 54.4 Å². The lowest BCUT2D eigenvalue weighted by molar-refractivity contribution is -0.130. The van der Waals surface area contributed by atoms with Gasteiger partial charge < -0.3 is 26.0 Å². The Hall–Kier alpha value is -3.90. The average molecular weight is 663 g/mol. The molecule has 1 aliphatic carbocycles. The molecule has 1 saturated carbocycles. The number of amides is 3. The van der Waals surface area contributed by atoms with Gasteiger partial charge in [-0.3, -0.25) is 24.1 Å². The van der Waals surface area contributed by atoms with Gasteiger partial charge in [0.05, 0.1) is 18.7 Å². The zero-order chi connectivity index (χ0) is 34.0. The highest BCUT2D eigenvalue weighted by atomic mass is 16.3. The fourth-order valence-corrected chi connectivity index (χ4v) is 6.62. The Kier molecular flexibility index (Phi) is 15.7. The molecule has 0 unspecified atom stereocenters. The minimum absolute atomic E-state index is 0.184. The van der Waals surface area contributed by atoms with Crippen LogP contribution in [0.3, 0.4) is 0 Å². The highest BCUT2D eigenvalue weighted by Crippen LogP contribution is 2.28. The van der Waals surface area contributed by atoms with Crippen LogP contribution in [-0.2, 0) is 25.6 Å². The first-order valence-electron chi connectivity index (χ1n) is 17.6. The van der Waals surface area contributed by atoms with Gasteiger partial charge in [0.1, 0.15) is 6.04 Å². The number of aliphatic hydroxyl groups excluding tert-OH is 1. The lowest BCUT2D eigenvalue weighted by Gasteiger charge is -2.34. The van der Waals surface area contributed by atoms with Crippen LogP contribution in [0.2, 0.25) is 0 Å². The standard InChI is InChI=1S/C36H52N7O5/c44-24-16-32(45)30(25-28-11-4-1-5-12-28)40-34(47)27-39-35(48)31(26-29-13-6-2-7-14-29)41-33(46)15-8-3-9-19-42-20-22-43(23-21-42)36-37-17-10-18-38-36/h2,6-7,10,13-14,17-18,28,30-32,45H,1,3-5,8-9,11-12,15-16,19-23,25-27H2,(H,39,48)(H,40,47)(H,41,46)/t30-,31-,32-/m0/s1. The second-order valence-corrected chi connectivity index (χ2v) is 13.0. The van der Waals surface area contributed by atoms with Crippen LogP contribution in [0.5, 0.6) is 0 Å². The number of nitrogens with one attached hydrogen (secondary N) is 3. The number of benzene rings is 1. The minimum Gasteiger partial charge on any atom is -0.391 e. The average Bonchev–Trinajstić information content (AvgIpc) is 3.11. The molecule has 4 N–H and O–H groups in total. The van der Waals surface area contributed by atoms with Crippen LogP contribution in [0.15, 0.2) is 48.8 Å². The Morgan fingerprint density at radius 2 is 1.62 bits per heavy atom. The quantitative estimate of drug-likeness (QED) is 0.166. The molecule has 12 heteroatoms. The third-order valence-corrected chi connectivity index (χ3v) is 9.36. The smallest absolute Gasteiger partial charge is 0.243 e. The van der Waals surface area contributed by atoms with Crippen LogP contribution >= 0.6 is 0 Å².